The number of hydrogen-bond acceptors (Lipinski definition) is 2. The van der Waals surface area contributed by atoms with E-state index in [1.54, 1.807) is 11.9 Å². The maximum absolute atomic E-state index is 12.6. The van der Waals surface area contributed by atoms with Crippen molar-refractivity contribution in [1.82, 2.24) is 0 Å². The molecule has 0 atom stereocenters. The summed E-state index contributed by atoms with van der Waals surface area (Å²) in [4.78, 5) is 14.3. The summed E-state index contributed by atoms with van der Waals surface area (Å²) in [7, 11) is 1.80. The lowest BCUT2D eigenvalue weighted by Crippen LogP contribution is -2.26. The largest absolute Gasteiger partial charge is 0.392 e. The first-order valence-corrected chi connectivity index (χ1v) is 9.78. The van der Waals surface area contributed by atoms with E-state index in [0.717, 1.165) is 41.6 Å². The minimum Gasteiger partial charge on any atom is -0.392 e. The number of rotatable bonds is 8. The van der Waals surface area contributed by atoms with Crippen molar-refractivity contribution in [2.24, 2.45) is 0 Å². The molecule has 0 radical (unpaired) electrons. The number of hydrogen-bond donors (Lipinski definition) is 1. The number of aliphatic hydroxyl groups is 1. The average molecular weight is 373 g/mol. The molecule has 0 aromatic heterocycles. The van der Waals surface area contributed by atoms with Crippen LogP contribution >= 0.6 is 0 Å². The molecule has 3 aromatic carbocycles. The Morgan fingerprint density at radius 1 is 0.893 bits per heavy atom. The maximum atomic E-state index is 12.6. The van der Waals surface area contributed by atoms with Crippen molar-refractivity contribution in [3.8, 4) is 11.1 Å². The Hall–Kier alpha value is -2.91. The molecule has 1 amide bonds. The summed E-state index contributed by atoms with van der Waals surface area (Å²) in [5, 5.41) is 9.80. The average Bonchev–Trinajstić information content (AvgIpc) is 2.77. The number of unbranched alkanes of at least 4 members (excludes halogenated alkanes) is 1. The molecule has 3 rings (SSSR count). The molecule has 0 fully saturated rings. The van der Waals surface area contributed by atoms with E-state index in [1.165, 1.54) is 5.56 Å². The lowest BCUT2D eigenvalue weighted by atomic mass is 9.99. The highest BCUT2D eigenvalue weighted by Crippen LogP contribution is 2.28. The molecule has 28 heavy (non-hydrogen) atoms. The molecular weight excluding hydrogens is 346 g/mol. The van der Waals surface area contributed by atoms with Crippen LogP contribution in [-0.2, 0) is 17.8 Å². The number of amides is 1. The third kappa shape index (κ3) is 5.08. The van der Waals surface area contributed by atoms with Crippen LogP contribution in [0.2, 0.25) is 0 Å². The van der Waals surface area contributed by atoms with Crippen molar-refractivity contribution in [1.29, 1.82) is 0 Å². The second-order valence-corrected chi connectivity index (χ2v) is 7.01. The second-order valence-electron chi connectivity index (χ2n) is 7.01. The number of anilines is 1. The molecule has 3 aromatic rings. The SMILES string of the molecule is CN(C(=O)CCCCc1ccccc1)c1ccc(-c2ccccc2)c(CO)c1. The van der Waals surface area contributed by atoms with Gasteiger partial charge in [-0.1, -0.05) is 66.7 Å². The van der Waals surface area contributed by atoms with E-state index < -0.39 is 0 Å². The molecule has 144 valence electrons. The third-order valence-electron chi connectivity index (χ3n) is 5.05. The van der Waals surface area contributed by atoms with Gasteiger partial charge in [-0.3, -0.25) is 4.79 Å². The van der Waals surface area contributed by atoms with Crippen molar-refractivity contribution in [3.05, 3.63) is 90.0 Å². The van der Waals surface area contributed by atoms with Gasteiger partial charge in [0.15, 0.2) is 0 Å². The lowest BCUT2D eigenvalue weighted by molar-refractivity contribution is -0.118. The number of nitrogens with zero attached hydrogens (tertiary/aromatic N) is 1. The van der Waals surface area contributed by atoms with Gasteiger partial charge in [0.1, 0.15) is 0 Å². The van der Waals surface area contributed by atoms with Crippen LogP contribution in [-0.4, -0.2) is 18.1 Å². The normalized spacial score (nSPS) is 10.6. The molecule has 0 aliphatic heterocycles. The molecule has 0 saturated carbocycles. The predicted octanol–water partition coefficient (Wildman–Crippen LogP) is 5.22. The van der Waals surface area contributed by atoms with Crippen LogP contribution in [0.15, 0.2) is 78.9 Å². The van der Waals surface area contributed by atoms with Gasteiger partial charge < -0.3 is 10.0 Å². The van der Waals surface area contributed by atoms with Gasteiger partial charge in [0.2, 0.25) is 5.91 Å². The van der Waals surface area contributed by atoms with E-state index in [9.17, 15) is 9.90 Å². The summed E-state index contributed by atoms with van der Waals surface area (Å²) in [5.74, 6) is 0.101. The second kappa shape index (κ2) is 9.86. The minimum atomic E-state index is -0.0584. The van der Waals surface area contributed by atoms with Crippen LogP contribution in [0.25, 0.3) is 11.1 Å². The molecule has 0 spiro atoms. The number of aliphatic hydroxyl groups excluding tert-OH is 1. The Kier molecular flexibility index (Phi) is 6.99. The summed E-state index contributed by atoms with van der Waals surface area (Å²) >= 11 is 0. The zero-order valence-electron chi connectivity index (χ0n) is 16.3. The van der Waals surface area contributed by atoms with Gasteiger partial charge in [0, 0.05) is 19.2 Å². The van der Waals surface area contributed by atoms with E-state index in [0.29, 0.717) is 6.42 Å². The van der Waals surface area contributed by atoms with Gasteiger partial charge in [-0.05, 0) is 53.6 Å². The van der Waals surface area contributed by atoms with E-state index in [2.05, 4.69) is 12.1 Å². The molecular formula is C25H27NO2. The van der Waals surface area contributed by atoms with Gasteiger partial charge in [-0.25, -0.2) is 0 Å². The van der Waals surface area contributed by atoms with Crippen LogP contribution in [0.4, 0.5) is 5.69 Å². The Balaban J connectivity index is 1.60. The Morgan fingerprint density at radius 2 is 1.57 bits per heavy atom. The zero-order valence-corrected chi connectivity index (χ0v) is 16.3. The monoisotopic (exact) mass is 373 g/mol. The van der Waals surface area contributed by atoms with E-state index >= 15 is 0 Å². The number of aryl methyl sites for hydroxylation is 1. The highest BCUT2D eigenvalue weighted by molar-refractivity contribution is 5.93. The molecule has 0 saturated heterocycles. The molecule has 0 unspecified atom stereocenters. The first-order valence-electron chi connectivity index (χ1n) is 9.78. The van der Waals surface area contributed by atoms with Gasteiger partial charge in [0.25, 0.3) is 0 Å². The molecule has 0 heterocycles. The summed E-state index contributed by atoms with van der Waals surface area (Å²) in [6.45, 7) is -0.0584. The van der Waals surface area contributed by atoms with Gasteiger partial charge in [-0.2, -0.15) is 0 Å². The summed E-state index contributed by atoms with van der Waals surface area (Å²) in [5.41, 5.74) is 5.01. The third-order valence-corrected chi connectivity index (χ3v) is 5.05. The molecule has 1 N–H and O–H groups in total. The Bertz CT molecular complexity index is 891. The van der Waals surface area contributed by atoms with Crippen LogP contribution in [0, 0.1) is 0 Å². The fraction of sp³-hybridized carbons (Fsp3) is 0.240. The smallest absolute Gasteiger partial charge is 0.226 e. The molecule has 0 bridgehead atoms. The number of benzene rings is 3. The van der Waals surface area contributed by atoms with Crippen molar-refractivity contribution in [2.75, 3.05) is 11.9 Å². The lowest BCUT2D eigenvalue weighted by Gasteiger charge is -2.19. The van der Waals surface area contributed by atoms with Crippen LogP contribution in [0.5, 0.6) is 0 Å². The number of carbonyl (C=O) groups excluding carboxylic acids is 1. The molecule has 0 aliphatic rings. The quantitative estimate of drug-likeness (QED) is 0.550. The standard InChI is InChI=1S/C25H27NO2/c1-26(25(28)15-9-8-12-20-10-4-2-5-11-20)23-16-17-24(22(18-23)19-27)21-13-6-3-7-14-21/h2-7,10-11,13-14,16-18,27H,8-9,12,15,19H2,1H3. The Labute approximate surface area is 167 Å². The van der Waals surface area contributed by atoms with Gasteiger partial charge in [-0.15, -0.1) is 0 Å². The van der Waals surface area contributed by atoms with E-state index in [-0.39, 0.29) is 12.5 Å². The Morgan fingerprint density at radius 3 is 2.25 bits per heavy atom. The summed E-state index contributed by atoms with van der Waals surface area (Å²) in [6, 6.07) is 26.2. The highest BCUT2D eigenvalue weighted by atomic mass is 16.3. The van der Waals surface area contributed by atoms with Gasteiger partial charge in [0.05, 0.1) is 6.61 Å². The van der Waals surface area contributed by atoms with Crippen LogP contribution in [0.1, 0.15) is 30.4 Å². The first-order chi connectivity index (χ1) is 13.7. The van der Waals surface area contributed by atoms with Crippen molar-refractivity contribution < 1.29 is 9.90 Å². The fourth-order valence-corrected chi connectivity index (χ4v) is 3.38. The van der Waals surface area contributed by atoms with E-state index in [4.69, 9.17) is 0 Å². The van der Waals surface area contributed by atoms with Crippen LogP contribution < -0.4 is 4.90 Å². The predicted molar refractivity (Wildman–Crippen MR) is 115 cm³/mol. The minimum absolute atomic E-state index is 0.0584. The fourth-order valence-electron chi connectivity index (χ4n) is 3.38. The highest BCUT2D eigenvalue weighted by Gasteiger charge is 2.13. The summed E-state index contributed by atoms with van der Waals surface area (Å²) < 4.78 is 0. The van der Waals surface area contributed by atoms with Crippen molar-refractivity contribution in [2.45, 2.75) is 32.3 Å². The van der Waals surface area contributed by atoms with E-state index in [1.807, 2.05) is 66.7 Å². The molecule has 0 aliphatic carbocycles. The summed E-state index contributed by atoms with van der Waals surface area (Å²) in [6.07, 6.45) is 3.39. The van der Waals surface area contributed by atoms with Crippen molar-refractivity contribution in [3.63, 3.8) is 0 Å². The van der Waals surface area contributed by atoms with Crippen molar-refractivity contribution >= 4 is 11.6 Å². The maximum Gasteiger partial charge on any atom is 0.226 e. The molecule has 3 heteroatoms. The first kappa shape index (κ1) is 19.8. The number of carbonyl (C=O) groups is 1. The van der Waals surface area contributed by atoms with Gasteiger partial charge >= 0.3 is 0 Å². The van der Waals surface area contributed by atoms with Crippen LogP contribution in [0.3, 0.4) is 0 Å². The topological polar surface area (TPSA) is 40.5 Å². The molecule has 3 nitrogen and oxygen atoms in total. The zero-order chi connectivity index (χ0) is 19.8.